The van der Waals surface area contributed by atoms with Crippen LogP contribution in [0.5, 0.6) is 11.5 Å². The van der Waals surface area contributed by atoms with E-state index in [9.17, 15) is 34.8 Å². The van der Waals surface area contributed by atoms with E-state index < -0.39 is 53.3 Å². The highest BCUT2D eigenvalue weighted by atomic mass is 33.1. The van der Waals surface area contributed by atoms with Crippen molar-refractivity contribution in [2.24, 2.45) is 17.6 Å². The highest BCUT2D eigenvalue weighted by Gasteiger charge is 2.59. The van der Waals surface area contributed by atoms with Crippen molar-refractivity contribution in [3.05, 3.63) is 124 Å². The van der Waals surface area contributed by atoms with Gasteiger partial charge in [0.2, 0.25) is 17.5 Å². The first-order valence-electron chi connectivity index (χ1n) is 20.2. The Balaban J connectivity index is 1.22. The maximum atomic E-state index is 13.8. The molecule has 2 aliphatic rings. The Morgan fingerprint density at radius 2 is 1.89 bits per heavy atom. The van der Waals surface area contributed by atoms with Crippen molar-refractivity contribution in [1.82, 2.24) is 15.6 Å². The number of aromatic nitrogens is 1. The molecule has 0 spiro atoms. The van der Waals surface area contributed by atoms with E-state index >= 15 is 0 Å². The number of ether oxygens (including phenoxy) is 3. The van der Waals surface area contributed by atoms with Crippen molar-refractivity contribution in [3.63, 3.8) is 0 Å². The largest absolute Gasteiger partial charge is 0.508 e. The minimum Gasteiger partial charge on any atom is -0.508 e. The van der Waals surface area contributed by atoms with Crippen molar-refractivity contribution < 1.29 is 48.6 Å². The van der Waals surface area contributed by atoms with Crippen molar-refractivity contribution in [2.45, 2.75) is 49.0 Å². The number of aliphatic hydroxyl groups excluding tert-OH is 1. The molecule has 0 unspecified atom stereocenters. The average Bonchev–Trinajstić information content (AvgIpc) is 3.80. The first-order chi connectivity index (χ1) is 30.0. The normalized spacial score (nSPS) is 25.3. The molecule has 0 radical (unpaired) electrons. The molecule has 5 aromatic rings. The van der Waals surface area contributed by atoms with Crippen LogP contribution >= 0.6 is 21.6 Å². The molecule has 17 heteroatoms. The van der Waals surface area contributed by atoms with Crippen molar-refractivity contribution in [1.29, 1.82) is 0 Å². The zero-order chi connectivity index (χ0) is 43.8. The lowest BCUT2D eigenvalue weighted by molar-refractivity contribution is -0.316. The quantitative estimate of drug-likeness (QED) is 0.0732. The molecule has 3 aromatic carbocycles. The van der Waals surface area contributed by atoms with Gasteiger partial charge in [-0.05, 0) is 97.8 Å². The van der Waals surface area contributed by atoms with Crippen LogP contribution < -0.4 is 26.5 Å². The fourth-order valence-corrected chi connectivity index (χ4v) is 10.3. The number of aromatic hydroxyl groups is 1. The zero-order valence-corrected chi connectivity index (χ0v) is 35.5. The van der Waals surface area contributed by atoms with Gasteiger partial charge in [0.05, 0.1) is 10.9 Å². The molecule has 8 atom stereocenters. The molecular weight excluding hydrogens is 837 g/mol. The Labute approximate surface area is 365 Å². The maximum Gasteiger partial charge on any atom is 0.335 e. The molecule has 15 nitrogen and oxygen atoms in total. The number of hydrogen-bond donors (Lipinski definition) is 8. The van der Waals surface area contributed by atoms with Crippen molar-refractivity contribution in [3.8, 4) is 22.6 Å². The fraction of sp³-hybridized carbons (Fsp3) is 0.356. The summed E-state index contributed by atoms with van der Waals surface area (Å²) in [5.74, 6) is -2.02. The van der Waals surface area contributed by atoms with Gasteiger partial charge in [0.1, 0.15) is 35.2 Å². The van der Waals surface area contributed by atoms with Gasteiger partial charge in [0.25, 0.3) is 5.91 Å². The van der Waals surface area contributed by atoms with E-state index in [1.807, 2.05) is 37.6 Å². The van der Waals surface area contributed by atoms with Crippen LogP contribution in [0.25, 0.3) is 28.2 Å². The number of carbonyl (C=O) groups is 2. The van der Waals surface area contributed by atoms with Gasteiger partial charge in [0, 0.05) is 30.8 Å². The third-order valence-electron chi connectivity index (χ3n) is 11.4. The molecule has 2 aromatic heterocycles. The van der Waals surface area contributed by atoms with E-state index in [0.29, 0.717) is 12.1 Å². The van der Waals surface area contributed by atoms with Crippen LogP contribution in [0.1, 0.15) is 40.4 Å². The van der Waals surface area contributed by atoms with Crippen molar-refractivity contribution in [2.75, 3.05) is 38.4 Å². The monoisotopic (exact) mass is 886 g/mol. The summed E-state index contributed by atoms with van der Waals surface area (Å²) >= 11 is 0. The van der Waals surface area contributed by atoms with Gasteiger partial charge in [-0.15, -0.1) is 0 Å². The Morgan fingerprint density at radius 1 is 1.10 bits per heavy atom. The number of primary amides is 1. The number of hydrogen-bond acceptors (Lipinski definition) is 14. The summed E-state index contributed by atoms with van der Waals surface area (Å²) in [5, 5.41) is 51.0. The van der Waals surface area contributed by atoms with Gasteiger partial charge in [-0.3, -0.25) is 9.59 Å². The number of aromatic amines is 1. The van der Waals surface area contributed by atoms with Gasteiger partial charge in [-0.25, -0.2) is 4.79 Å². The third-order valence-corrected chi connectivity index (χ3v) is 13.5. The van der Waals surface area contributed by atoms with Crippen LogP contribution in [0.15, 0.2) is 107 Å². The van der Waals surface area contributed by atoms with Crippen LogP contribution in [0.4, 0.5) is 0 Å². The minimum atomic E-state index is -2.19. The molecule has 0 bridgehead atoms. The first kappa shape index (κ1) is 44.9. The summed E-state index contributed by atoms with van der Waals surface area (Å²) in [4.78, 5) is 42.1. The van der Waals surface area contributed by atoms with Crippen molar-refractivity contribution >= 4 is 50.5 Å². The molecule has 0 aliphatic carbocycles. The topological polar surface area (TPSA) is 239 Å². The molecule has 9 N–H and O–H groups in total. The van der Waals surface area contributed by atoms with Gasteiger partial charge in [-0.1, -0.05) is 76.2 Å². The molecule has 0 saturated carbocycles. The Bertz CT molecular complexity index is 2380. The number of allylic oxidation sites excluding steroid dienone is 1. The van der Waals surface area contributed by atoms with Crippen LogP contribution in [-0.2, 0) is 14.3 Å². The molecule has 2 saturated heterocycles. The number of aliphatic hydroxyl groups is 2. The summed E-state index contributed by atoms with van der Waals surface area (Å²) in [5.41, 5.74) is 5.24. The maximum absolute atomic E-state index is 13.8. The number of fused-ring (bicyclic) bond motifs is 2. The van der Waals surface area contributed by atoms with E-state index in [4.69, 9.17) is 24.4 Å². The molecule has 2 fully saturated rings. The SMILES string of the molecule is CNCC[C@H](C/C=C/c1ccccc1)[C@@H]1CNC[C@]2(O)[C@H](Oc3ccc4c(=O)c(-c5ccc(O)cc5)c(C(N)=O)oc4c3)O[C@H](C(=O)O)[C@@H](O)[C@@H]2OCSSC[C@@H]1c1cc[nH]c1. The number of carbonyl (C=O) groups excluding carboxylic acids is 1. The molecule has 2 aliphatic heterocycles. The number of β-amino-alcohol motifs (C(OH)–C–C–N with tert-alkyl or cyclic N) is 1. The van der Waals surface area contributed by atoms with E-state index in [0.717, 1.165) is 36.3 Å². The van der Waals surface area contributed by atoms with Crippen LogP contribution in [-0.4, -0.2) is 106 Å². The number of amides is 1. The predicted molar refractivity (Wildman–Crippen MR) is 238 cm³/mol. The molecule has 62 heavy (non-hydrogen) atoms. The fourth-order valence-electron chi connectivity index (χ4n) is 8.26. The number of nitrogens with two attached hydrogens (primary N) is 1. The molecule has 328 valence electrons. The van der Waals surface area contributed by atoms with Crippen LogP contribution in [0.2, 0.25) is 0 Å². The summed E-state index contributed by atoms with van der Waals surface area (Å²) in [6.45, 7) is 0.942. The Kier molecular flexibility index (Phi) is 14.8. The summed E-state index contributed by atoms with van der Waals surface area (Å²) < 4.78 is 24.2. The zero-order valence-electron chi connectivity index (χ0n) is 33.8. The number of carboxylic acids is 1. The van der Waals surface area contributed by atoms with E-state index in [1.54, 1.807) is 10.8 Å². The van der Waals surface area contributed by atoms with E-state index in [1.165, 1.54) is 53.3 Å². The Hall–Kier alpha value is -5.11. The summed E-state index contributed by atoms with van der Waals surface area (Å²) in [6.07, 6.45) is 2.99. The number of nitrogens with one attached hydrogen (secondary N) is 3. The number of benzene rings is 3. The number of phenolic OH excluding ortho intramolecular Hbond substituents is 1. The van der Waals surface area contributed by atoms with Gasteiger partial charge >= 0.3 is 5.97 Å². The van der Waals surface area contributed by atoms with Crippen LogP contribution in [0, 0.1) is 11.8 Å². The van der Waals surface area contributed by atoms with E-state index in [2.05, 4.69) is 46.0 Å². The number of H-pyrrole nitrogens is 1. The highest BCUT2D eigenvalue weighted by molar-refractivity contribution is 8.76. The lowest BCUT2D eigenvalue weighted by Gasteiger charge is -2.49. The van der Waals surface area contributed by atoms with Crippen LogP contribution in [0.3, 0.4) is 0 Å². The Morgan fingerprint density at radius 3 is 2.60 bits per heavy atom. The number of rotatable bonds is 13. The first-order valence-corrected chi connectivity index (χ1v) is 22.7. The lowest BCUT2D eigenvalue weighted by Crippen LogP contribution is -2.72. The number of phenols is 1. The molecule has 7 rings (SSSR count). The third kappa shape index (κ3) is 10.1. The van der Waals surface area contributed by atoms with Gasteiger partial charge in [0.15, 0.2) is 11.7 Å². The van der Waals surface area contributed by atoms with E-state index in [-0.39, 0.29) is 58.3 Å². The molecular formula is C45H50N4O11S2. The second-order valence-electron chi connectivity index (χ2n) is 15.4. The lowest BCUT2D eigenvalue weighted by atomic mass is 9.76. The highest BCUT2D eigenvalue weighted by Crippen LogP contribution is 2.42. The number of aliphatic carboxylic acids is 1. The minimum absolute atomic E-state index is 0.0122. The smallest absolute Gasteiger partial charge is 0.335 e. The summed E-state index contributed by atoms with van der Waals surface area (Å²) in [6, 6.07) is 21.9. The van der Waals surface area contributed by atoms with Gasteiger partial charge < -0.3 is 60.4 Å². The predicted octanol–water partition coefficient (Wildman–Crippen LogP) is 4.93. The second-order valence-corrected chi connectivity index (χ2v) is 17.8. The molecule has 1 amide bonds. The average molecular weight is 887 g/mol. The standard InChI is InChI=1S/C45H50N4O11S2/c1-47-18-16-27(9-5-8-26-6-3-2-4-7-26)33-22-49-24-45(56)41(57-25-62-61-23-34(33)29-17-19-48-21-29)38(52)40(43(54)55)60-44(45)58-31-14-15-32-35(20-31)59-39(42(46)53)36(37(32)51)28-10-12-30(50)13-11-28/h2-8,10-15,17,19-21,27,33-34,38,40-41,44,47-50,52,56H,9,16,18,22-25H2,1H3,(H2,46,53)(H,54,55)/b8-5+/t27-,33-,34+,38+,40-,41-,44+,45+/m0/s1. The number of carboxylic acid groups (broad SMARTS) is 1. The van der Waals surface area contributed by atoms with Gasteiger partial charge in [-0.2, -0.15) is 0 Å². The second kappa shape index (κ2) is 20.4. The molecule has 4 heterocycles. The summed E-state index contributed by atoms with van der Waals surface area (Å²) in [7, 11) is 4.90.